The molecule has 1 saturated carbocycles. The first-order chi connectivity index (χ1) is 12.2. The van der Waals surface area contributed by atoms with E-state index in [0.717, 1.165) is 10.3 Å². The molecule has 4 heterocycles. The first-order valence-corrected chi connectivity index (χ1v) is 8.26. The molecule has 3 aromatic heterocycles. The van der Waals surface area contributed by atoms with Gasteiger partial charge < -0.3 is 4.90 Å². The lowest BCUT2D eigenvalue weighted by Gasteiger charge is -2.39. The lowest BCUT2D eigenvalue weighted by Crippen LogP contribution is -2.46. The van der Waals surface area contributed by atoms with E-state index >= 15 is 0 Å². The Balaban J connectivity index is 1.32. The zero-order valence-electron chi connectivity index (χ0n) is 13.3. The maximum atomic E-state index is 12.9. The van der Waals surface area contributed by atoms with Crippen LogP contribution in [0.4, 0.5) is 14.6 Å². The van der Waals surface area contributed by atoms with Crippen LogP contribution in [0, 0.1) is 0 Å². The highest BCUT2D eigenvalue weighted by Gasteiger charge is 2.32. The Hall–Kier alpha value is -2.71. The molecule has 1 aliphatic heterocycles. The minimum atomic E-state index is -2.71. The van der Waals surface area contributed by atoms with Gasteiger partial charge in [-0.3, -0.25) is 0 Å². The third-order valence-corrected chi connectivity index (χ3v) is 4.78. The fourth-order valence-corrected chi connectivity index (χ4v) is 3.12. The van der Waals surface area contributed by atoms with E-state index < -0.39 is 12.2 Å². The van der Waals surface area contributed by atoms with Crippen molar-refractivity contribution in [2.45, 2.75) is 31.1 Å². The number of halogens is 2. The summed E-state index contributed by atoms with van der Waals surface area (Å²) in [6.45, 7) is 1.43. The summed E-state index contributed by atoms with van der Waals surface area (Å²) in [5.41, 5.74) is 1.54. The van der Waals surface area contributed by atoms with Gasteiger partial charge in [0.25, 0.3) is 6.43 Å². The Morgan fingerprint density at radius 2 is 1.76 bits per heavy atom. The predicted molar refractivity (Wildman–Crippen MR) is 84.7 cm³/mol. The van der Waals surface area contributed by atoms with Crippen molar-refractivity contribution in [1.29, 1.82) is 0 Å². The second-order valence-corrected chi connectivity index (χ2v) is 6.57. The van der Waals surface area contributed by atoms with Gasteiger partial charge in [0.05, 0.1) is 5.92 Å². The third kappa shape index (κ3) is 2.50. The molecule has 128 valence electrons. The van der Waals surface area contributed by atoms with Crippen LogP contribution in [-0.2, 0) is 0 Å². The molecule has 0 aromatic carbocycles. The summed E-state index contributed by atoms with van der Waals surface area (Å²) >= 11 is 0. The van der Waals surface area contributed by atoms with Crippen LogP contribution in [0.1, 0.15) is 48.3 Å². The summed E-state index contributed by atoms with van der Waals surface area (Å²) in [6.07, 6.45) is 3.62. The Kier molecular flexibility index (Phi) is 3.16. The molecule has 0 bridgehead atoms. The molecule has 3 aromatic rings. The fourth-order valence-electron chi connectivity index (χ4n) is 3.12. The standard InChI is InChI=1S/C16H15F2N7/c17-14(18)16-22-21-12-3-4-13(23-25(12)16)24-7-11(8-24)15-19-5-10(6-20-15)9-1-2-9/h3-6,9,11,14H,1-2,7-8H2. The molecule has 7 nitrogen and oxygen atoms in total. The number of hydrogen-bond acceptors (Lipinski definition) is 6. The number of aromatic nitrogens is 6. The van der Waals surface area contributed by atoms with E-state index in [4.69, 9.17) is 0 Å². The number of alkyl halides is 2. The summed E-state index contributed by atoms with van der Waals surface area (Å²) in [7, 11) is 0. The molecule has 2 fully saturated rings. The van der Waals surface area contributed by atoms with Crippen LogP contribution in [0.3, 0.4) is 0 Å². The Morgan fingerprint density at radius 3 is 2.44 bits per heavy atom. The minimum absolute atomic E-state index is 0.237. The van der Waals surface area contributed by atoms with Crippen molar-refractivity contribution in [3.05, 3.63) is 41.7 Å². The average molecular weight is 343 g/mol. The largest absolute Gasteiger partial charge is 0.354 e. The van der Waals surface area contributed by atoms with Crippen molar-refractivity contribution in [3.8, 4) is 0 Å². The lowest BCUT2D eigenvalue weighted by molar-refractivity contribution is 0.137. The molecule has 1 aliphatic carbocycles. The summed E-state index contributed by atoms with van der Waals surface area (Å²) in [5, 5.41) is 11.4. The quantitative estimate of drug-likeness (QED) is 0.724. The minimum Gasteiger partial charge on any atom is -0.354 e. The van der Waals surface area contributed by atoms with Crippen LogP contribution in [0.2, 0.25) is 0 Å². The molecule has 9 heteroatoms. The monoisotopic (exact) mass is 343 g/mol. The first-order valence-electron chi connectivity index (χ1n) is 8.26. The number of anilines is 1. The maximum Gasteiger partial charge on any atom is 0.299 e. The van der Waals surface area contributed by atoms with E-state index in [1.807, 2.05) is 17.3 Å². The van der Waals surface area contributed by atoms with E-state index in [0.29, 0.717) is 30.5 Å². The van der Waals surface area contributed by atoms with Gasteiger partial charge in [-0.2, -0.15) is 4.52 Å². The van der Waals surface area contributed by atoms with Crippen LogP contribution in [0.5, 0.6) is 0 Å². The van der Waals surface area contributed by atoms with Gasteiger partial charge in [0.15, 0.2) is 5.65 Å². The molecule has 0 spiro atoms. The second-order valence-electron chi connectivity index (χ2n) is 6.57. The van der Waals surface area contributed by atoms with Crippen molar-refractivity contribution < 1.29 is 8.78 Å². The SMILES string of the molecule is FC(F)c1nnc2ccc(N3CC(c4ncc(C5CC5)cn4)C3)nn12. The molecule has 0 amide bonds. The number of rotatable bonds is 4. The van der Waals surface area contributed by atoms with Gasteiger partial charge in [0.2, 0.25) is 5.82 Å². The lowest BCUT2D eigenvalue weighted by atomic mass is 9.99. The molecule has 0 radical (unpaired) electrons. The predicted octanol–water partition coefficient (Wildman–Crippen LogP) is 2.33. The van der Waals surface area contributed by atoms with Gasteiger partial charge in [0, 0.05) is 25.5 Å². The Labute approximate surface area is 141 Å². The van der Waals surface area contributed by atoms with E-state index in [1.165, 1.54) is 18.4 Å². The van der Waals surface area contributed by atoms with E-state index in [9.17, 15) is 8.78 Å². The second kappa shape index (κ2) is 5.40. The molecular formula is C16H15F2N7. The van der Waals surface area contributed by atoms with E-state index in [1.54, 1.807) is 12.1 Å². The zero-order valence-corrected chi connectivity index (χ0v) is 13.3. The van der Waals surface area contributed by atoms with Crippen LogP contribution in [-0.4, -0.2) is 42.9 Å². The molecular weight excluding hydrogens is 328 g/mol. The third-order valence-electron chi connectivity index (χ3n) is 4.78. The normalized spacial score (nSPS) is 18.1. The summed E-state index contributed by atoms with van der Waals surface area (Å²) < 4.78 is 27.0. The number of fused-ring (bicyclic) bond motifs is 1. The van der Waals surface area contributed by atoms with Crippen LogP contribution in [0.15, 0.2) is 24.5 Å². The Bertz CT molecular complexity index is 914. The van der Waals surface area contributed by atoms with Crippen LogP contribution in [0.25, 0.3) is 5.65 Å². The van der Waals surface area contributed by atoms with Crippen molar-refractivity contribution in [1.82, 2.24) is 29.8 Å². The molecule has 0 unspecified atom stereocenters. The smallest absolute Gasteiger partial charge is 0.299 e. The average Bonchev–Trinajstić information content (AvgIpc) is 3.33. The van der Waals surface area contributed by atoms with Gasteiger partial charge in [-0.15, -0.1) is 15.3 Å². The van der Waals surface area contributed by atoms with E-state index in [-0.39, 0.29) is 5.92 Å². The van der Waals surface area contributed by atoms with Crippen molar-refractivity contribution in [2.75, 3.05) is 18.0 Å². The zero-order chi connectivity index (χ0) is 17.0. The van der Waals surface area contributed by atoms with Gasteiger partial charge >= 0.3 is 0 Å². The molecule has 2 aliphatic rings. The molecule has 1 saturated heterocycles. The van der Waals surface area contributed by atoms with Gasteiger partial charge in [-0.25, -0.2) is 18.7 Å². The molecule has 5 rings (SSSR count). The number of nitrogens with zero attached hydrogens (tertiary/aromatic N) is 7. The summed E-state index contributed by atoms with van der Waals surface area (Å²) in [4.78, 5) is 11.0. The summed E-state index contributed by atoms with van der Waals surface area (Å²) in [6, 6.07) is 3.42. The summed E-state index contributed by atoms with van der Waals surface area (Å²) in [5.74, 6) is 1.91. The van der Waals surface area contributed by atoms with Gasteiger partial charge in [-0.05, 0) is 36.5 Å². The molecule has 0 atom stereocenters. The topological polar surface area (TPSA) is 72.1 Å². The van der Waals surface area contributed by atoms with Gasteiger partial charge in [0.1, 0.15) is 11.6 Å². The van der Waals surface area contributed by atoms with E-state index in [2.05, 4.69) is 25.3 Å². The van der Waals surface area contributed by atoms with Gasteiger partial charge in [-0.1, -0.05) is 0 Å². The maximum absolute atomic E-state index is 12.9. The molecule has 25 heavy (non-hydrogen) atoms. The Morgan fingerprint density at radius 1 is 1.00 bits per heavy atom. The van der Waals surface area contributed by atoms with Crippen molar-refractivity contribution in [2.24, 2.45) is 0 Å². The first kappa shape index (κ1) is 14.6. The van der Waals surface area contributed by atoms with Crippen LogP contribution >= 0.6 is 0 Å². The van der Waals surface area contributed by atoms with Crippen molar-refractivity contribution >= 4 is 11.5 Å². The highest BCUT2D eigenvalue weighted by Crippen LogP contribution is 2.39. The highest BCUT2D eigenvalue weighted by molar-refractivity contribution is 5.48. The van der Waals surface area contributed by atoms with Crippen molar-refractivity contribution in [3.63, 3.8) is 0 Å². The molecule has 0 N–H and O–H groups in total. The van der Waals surface area contributed by atoms with Crippen LogP contribution < -0.4 is 4.90 Å². The number of hydrogen-bond donors (Lipinski definition) is 0. The fraction of sp³-hybridized carbons (Fsp3) is 0.438. The highest BCUT2D eigenvalue weighted by atomic mass is 19.3.